The van der Waals surface area contributed by atoms with Crippen LogP contribution in [0.15, 0.2) is 53.7 Å². The van der Waals surface area contributed by atoms with Crippen molar-refractivity contribution in [1.82, 2.24) is 5.32 Å². The highest BCUT2D eigenvalue weighted by molar-refractivity contribution is 6.05. The van der Waals surface area contributed by atoms with Gasteiger partial charge in [-0.2, -0.15) is 0 Å². The molecule has 1 atom stereocenters. The Bertz CT molecular complexity index is 821. The Kier molecular flexibility index (Phi) is 5.30. The molecule has 1 amide bonds. The van der Waals surface area contributed by atoms with Crippen LogP contribution in [-0.2, 0) is 16.1 Å². The van der Waals surface area contributed by atoms with Crippen molar-refractivity contribution < 1.29 is 18.4 Å². The van der Waals surface area contributed by atoms with Gasteiger partial charge in [-0.25, -0.2) is 8.78 Å². The van der Waals surface area contributed by atoms with Gasteiger partial charge in [0.15, 0.2) is 0 Å². The van der Waals surface area contributed by atoms with Crippen LogP contribution in [0.4, 0.5) is 8.78 Å². The Morgan fingerprint density at radius 1 is 1.19 bits per heavy atom. The molecular formula is C20H20F2N2O2. The topological polar surface area (TPSA) is 50.7 Å². The summed E-state index contributed by atoms with van der Waals surface area (Å²) in [6, 6.07) is 12.4. The van der Waals surface area contributed by atoms with Gasteiger partial charge in [-0.3, -0.25) is 4.79 Å². The van der Waals surface area contributed by atoms with Gasteiger partial charge in [0.2, 0.25) is 5.60 Å². The zero-order valence-corrected chi connectivity index (χ0v) is 14.5. The molecule has 0 fully saturated rings. The molecule has 0 bridgehead atoms. The number of nitrogens with zero attached hydrogens (tertiary/aromatic N) is 1. The third-order valence-electron chi connectivity index (χ3n) is 4.34. The second kappa shape index (κ2) is 7.64. The predicted molar refractivity (Wildman–Crippen MR) is 94.8 cm³/mol. The molecule has 0 radical (unpaired) electrons. The molecule has 1 heterocycles. The summed E-state index contributed by atoms with van der Waals surface area (Å²) in [4.78, 5) is 17.8. The Hall–Kier alpha value is -2.76. The first-order chi connectivity index (χ1) is 12.5. The van der Waals surface area contributed by atoms with Gasteiger partial charge < -0.3 is 10.2 Å². The highest BCUT2D eigenvalue weighted by Crippen LogP contribution is 2.27. The van der Waals surface area contributed by atoms with Crippen molar-refractivity contribution in [2.45, 2.75) is 31.8 Å². The van der Waals surface area contributed by atoms with Gasteiger partial charge in [-0.1, -0.05) is 29.4 Å². The van der Waals surface area contributed by atoms with E-state index in [4.69, 9.17) is 4.84 Å². The molecule has 136 valence electrons. The quantitative estimate of drug-likeness (QED) is 0.802. The van der Waals surface area contributed by atoms with Crippen LogP contribution in [0, 0.1) is 11.6 Å². The van der Waals surface area contributed by atoms with Crippen LogP contribution in [0.1, 0.15) is 30.9 Å². The fourth-order valence-corrected chi connectivity index (χ4v) is 2.82. The van der Waals surface area contributed by atoms with E-state index in [0.717, 1.165) is 18.4 Å². The smallest absolute Gasteiger partial charge is 0.267 e. The van der Waals surface area contributed by atoms with E-state index < -0.39 is 5.60 Å². The Balaban J connectivity index is 1.48. The Labute approximate surface area is 150 Å². The highest BCUT2D eigenvalue weighted by Gasteiger charge is 2.42. The summed E-state index contributed by atoms with van der Waals surface area (Å²) in [6.07, 6.45) is 1.74. The molecule has 2 aromatic carbocycles. The van der Waals surface area contributed by atoms with Crippen molar-refractivity contribution in [1.29, 1.82) is 0 Å². The molecule has 4 nitrogen and oxygen atoms in total. The van der Waals surface area contributed by atoms with E-state index in [-0.39, 0.29) is 24.0 Å². The third-order valence-corrected chi connectivity index (χ3v) is 4.34. The maximum atomic E-state index is 13.3. The number of amides is 1. The van der Waals surface area contributed by atoms with Crippen molar-refractivity contribution in [3.63, 3.8) is 0 Å². The molecule has 26 heavy (non-hydrogen) atoms. The molecule has 0 saturated heterocycles. The second-order valence-corrected chi connectivity index (χ2v) is 6.53. The number of benzene rings is 2. The molecule has 0 aliphatic carbocycles. The van der Waals surface area contributed by atoms with Gasteiger partial charge in [-0.15, -0.1) is 0 Å². The highest BCUT2D eigenvalue weighted by atomic mass is 19.1. The maximum Gasteiger partial charge on any atom is 0.267 e. The molecule has 0 spiro atoms. The molecule has 6 heteroatoms. The van der Waals surface area contributed by atoms with E-state index in [0.29, 0.717) is 17.8 Å². The summed E-state index contributed by atoms with van der Waals surface area (Å²) < 4.78 is 26.2. The normalized spacial score (nSPS) is 19.0. The summed E-state index contributed by atoms with van der Waals surface area (Å²) in [7, 11) is 0. The SMILES string of the molecule is CC1(C(=O)NCCCc2ccc(F)cc2)CC(c2cccc(F)c2)=NO1. The largest absolute Gasteiger partial charge is 0.379 e. The molecule has 1 N–H and O–H groups in total. The van der Waals surface area contributed by atoms with Crippen LogP contribution in [0.3, 0.4) is 0 Å². The first kappa shape index (κ1) is 18.0. The average Bonchev–Trinajstić information content (AvgIpc) is 3.04. The number of carbonyl (C=O) groups excluding carboxylic acids is 1. The fourth-order valence-electron chi connectivity index (χ4n) is 2.82. The number of nitrogens with one attached hydrogen (secondary N) is 1. The van der Waals surface area contributed by atoms with Crippen molar-refractivity contribution in [3.8, 4) is 0 Å². The van der Waals surface area contributed by atoms with Crippen molar-refractivity contribution in [2.24, 2.45) is 5.16 Å². The lowest BCUT2D eigenvalue weighted by molar-refractivity contribution is -0.141. The Morgan fingerprint density at radius 2 is 1.96 bits per heavy atom. The van der Waals surface area contributed by atoms with Crippen molar-refractivity contribution >= 4 is 11.6 Å². The maximum absolute atomic E-state index is 13.3. The summed E-state index contributed by atoms with van der Waals surface area (Å²) in [5, 5.41) is 6.80. The zero-order chi connectivity index (χ0) is 18.6. The predicted octanol–water partition coefficient (Wildman–Crippen LogP) is 3.60. The minimum Gasteiger partial charge on any atom is -0.379 e. The van der Waals surface area contributed by atoms with Crippen LogP contribution in [0.5, 0.6) is 0 Å². The van der Waals surface area contributed by atoms with Crippen LogP contribution in [-0.4, -0.2) is 23.8 Å². The number of carbonyl (C=O) groups is 1. The minimum atomic E-state index is -1.10. The van der Waals surface area contributed by atoms with Gasteiger partial charge in [0.25, 0.3) is 5.91 Å². The molecular weight excluding hydrogens is 338 g/mol. The third kappa shape index (κ3) is 4.25. The number of oxime groups is 1. The monoisotopic (exact) mass is 358 g/mol. The average molecular weight is 358 g/mol. The summed E-state index contributed by atoms with van der Waals surface area (Å²) in [5.41, 5.74) is 1.07. The molecule has 1 aliphatic heterocycles. The van der Waals surface area contributed by atoms with E-state index in [1.165, 1.54) is 24.3 Å². The van der Waals surface area contributed by atoms with E-state index in [1.807, 2.05) is 0 Å². The van der Waals surface area contributed by atoms with Crippen LogP contribution in [0.2, 0.25) is 0 Å². The summed E-state index contributed by atoms with van der Waals surface area (Å²) in [5.74, 6) is -0.877. The standard InChI is InChI=1S/C20H20F2N2O2/c1-20(13-18(24-26-20)15-5-2-6-17(22)12-15)19(25)23-11-3-4-14-7-9-16(21)10-8-14/h2,5-10,12H,3-4,11,13H2,1H3,(H,23,25). The molecule has 3 rings (SSSR count). The fraction of sp³-hybridized carbons (Fsp3) is 0.300. The van der Waals surface area contributed by atoms with Gasteiger partial charge >= 0.3 is 0 Å². The number of hydrogen-bond donors (Lipinski definition) is 1. The van der Waals surface area contributed by atoms with E-state index in [1.54, 1.807) is 31.2 Å². The zero-order valence-electron chi connectivity index (χ0n) is 14.5. The minimum absolute atomic E-state index is 0.258. The lowest BCUT2D eigenvalue weighted by Crippen LogP contribution is -2.45. The Morgan fingerprint density at radius 3 is 2.69 bits per heavy atom. The number of halogens is 2. The number of aryl methyl sites for hydroxylation is 1. The second-order valence-electron chi connectivity index (χ2n) is 6.53. The molecule has 0 saturated carbocycles. The molecule has 0 aromatic heterocycles. The number of hydrogen-bond acceptors (Lipinski definition) is 3. The summed E-state index contributed by atoms with van der Waals surface area (Å²) >= 11 is 0. The van der Waals surface area contributed by atoms with E-state index >= 15 is 0 Å². The van der Waals surface area contributed by atoms with Gasteiger partial charge in [-0.05, 0) is 49.6 Å². The van der Waals surface area contributed by atoms with Crippen LogP contribution >= 0.6 is 0 Å². The van der Waals surface area contributed by atoms with Crippen molar-refractivity contribution in [2.75, 3.05) is 6.54 Å². The lowest BCUT2D eigenvalue weighted by Gasteiger charge is -2.20. The lowest BCUT2D eigenvalue weighted by atomic mass is 9.95. The van der Waals surface area contributed by atoms with Crippen LogP contribution in [0.25, 0.3) is 0 Å². The van der Waals surface area contributed by atoms with E-state index in [2.05, 4.69) is 10.5 Å². The first-order valence-corrected chi connectivity index (χ1v) is 8.50. The van der Waals surface area contributed by atoms with Crippen LogP contribution < -0.4 is 5.32 Å². The van der Waals surface area contributed by atoms with Crippen molar-refractivity contribution in [3.05, 3.63) is 71.3 Å². The molecule has 1 aliphatic rings. The van der Waals surface area contributed by atoms with Gasteiger partial charge in [0, 0.05) is 18.5 Å². The molecule has 1 unspecified atom stereocenters. The summed E-state index contributed by atoms with van der Waals surface area (Å²) in [6.45, 7) is 2.14. The van der Waals surface area contributed by atoms with E-state index in [9.17, 15) is 13.6 Å². The number of rotatable bonds is 6. The first-order valence-electron chi connectivity index (χ1n) is 8.50. The molecule has 2 aromatic rings. The van der Waals surface area contributed by atoms with Gasteiger partial charge in [0.1, 0.15) is 11.6 Å². The van der Waals surface area contributed by atoms with Gasteiger partial charge in [0.05, 0.1) is 5.71 Å².